The van der Waals surface area contributed by atoms with Gasteiger partial charge in [-0.2, -0.15) is 13.2 Å². The van der Waals surface area contributed by atoms with Gasteiger partial charge in [-0.05, 0) is 29.8 Å². The van der Waals surface area contributed by atoms with E-state index in [0.717, 1.165) is 26.2 Å². The zero-order valence-corrected chi connectivity index (χ0v) is 12.4. The van der Waals surface area contributed by atoms with Crippen molar-refractivity contribution in [2.75, 3.05) is 32.8 Å². The van der Waals surface area contributed by atoms with E-state index in [1.54, 1.807) is 18.2 Å². The third-order valence-corrected chi connectivity index (χ3v) is 4.32. The maximum Gasteiger partial charge on any atom is 0.446 e. The quantitative estimate of drug-likeness (QED) is 0.818. The molecule has 0 amide bonds. The lowest BCUT2D eigenvalue weighted by molar-refractivity contribution is -0.0328. The molecule has 3 nitrogen and oxygen atoms in total. The van der Waals surface area contributed by atoms with Gasteiger partial charge in [0.05, 0.1) is 0 Å². The number of nitrogens with zero attached hydrogens (tertiary/aromatic N) is 1. The average molecular weight is 320 g/mol. The van der Waals surface area contributed by atoms with Crippen LogP contribution in [0.2, 0.25) is 0 Å². The Labute approximate surface area is 126 Å². The fourth-order valence-electron chi connectivity index (χ4n) is 2.62. The summed E-state index contributed by atoms with van der Waals surface area (Å²) in [5, 5.41) is 12.5. The Morgan fingerprint density at radius 2 is 1.90 bits per heavy atom. The number of thioether (sulfide) groups is 1. The van der Waals surface area contributed by atoms with E-state index in [0.29, 0.717) is 12.0 Å². The molecule has 0 bridgehead atoms. The first-order valence-electron chi connectivity index (χ1n) is 6.91. The number of hydrogen-bond donors (Lipinski definition) is 2. The summed E-state index contributed by atoms with van der Waals surface area (Å²) >= 11 is -0.0784. The van der Waals surface area contributed by atoms with E-state index in [2.05, 4.69) is 10.2 Å². The van der Waals surface area contributed by atoms with E-state index in [9.17, 15) is 18.3 Å². The summed E-state index contributed by atoms with van der Waals surface area (Å²) in [5.41, 5.74) is -3.65. The van der Waals surface area contributed by atoms with E-state index < -0.39 is 5.51 Å². The minimum atomic E-state index is -4.30. The molecule has 1 heterocycles. The van der Waals surface area contributed by atoms with Crippen LogP contribution in [0.5, 0.6) is 0 Å². The van der Waals surface area contributed by atoms with Gasteiger partial charge in [0.25, 0.3) is 0 Å². The van der Waals surface area contributed by atoms with E-state index in [1.165, 1.54) is 6.07 Å². The van der Waals surface area contributed by atoms with Gasteiger partial charge < -0.3 is 10.4 Å². The van der Waals surface area contributed by atoms with E-state index in [4.69, 9.17) is 0 Å². The maximum atomic E-state index is 12.7. The average Bonchev–Trinajstić information content (AvgIpc) is 2.45. The standard InChI is InChI=1S/C14H19F3N2OS/c15-14(16,17)21-13-4-2-1-3-11(13)12(5-10-20)19-8-6-18-7-9-19/h1-4,12,18,20H,5-10H2/t12-/m1/s1. The van der Waals surface area contributed by atoms with Gasteiger partial charge in [0.1, 0.15) is 0 Å². The third kappa shape index (κ3) is 4.88. The number of aliphatic hydroxyl groups is 1. The number of hydrogen-bond acceptors (Lipinski definition) is 4. The number of rotatable bonds is 5. The van der Waals surface area contributed by atoms with Crippen molar-refractivity contribution in [3.8, 4) is 0 Å². The molecule has 0 spiro atoms. The van der Waals surface area contributed by atoms with Crippen LogP contribution in [0, 0.1) is 0 Å². The molecule has 7 heteroatoms. The Morgan fingerprint density at radius 3 is 2.52 bits per heavy atom. The van der Waals surface area contributed by atoms with Crippen molar-refractivity contribution in [2.45, 2.75) is 22.9 Å². The van der Waals surface area contributed by atoms with Gasteiger partial charge in [0, 0.05) is 43.7 Å². The van der Waals surface area contributed by atoms with Gasteiger partial charge in [0.2, 0.25) is 0 Å². The van der Waals surface area contributed by atoms with Crippen LogP contribution in [0.4, 0.5) is 13.2 Å². The zero-order valence-electron chi connectivity index (χ0n) is 11.6. The summed E-state index contributed by atoms with van der Waals surface area (Å²) < 4.78 is 38.1. The predicted molar refractivity (Wildman–Crippen MR) is 77.2 cm³/mol. The van der Waals surface area contributed by atoms with Crippen LogP contribution in [0.25, 0.3) is 0 Å². The first-order chi connectivity index (χ1) is 10.0. The van der Waals surface area contributed by atoms with Crippen LogP contribution in [0.3, 0.4) is 0 Å². The van der Waals surface area contributed by atoms with Crippen molar-refractivity contribution in [3.63, 3.8) is 0 Å². The van der Waals surface area contributed by atoms with Crippen molar-refractivity contribution in [3.05, 3.63) is 29.8 Å². The second kappa shape index (κ2) is 7.49. The Balaban J connectivity index is 2.26. The molecule has 0 aliphatic carbocycles. The van der Waals surface area contributed by atoms with Crippen molar-refractivity contribution >= 4 is 11.8 Å². The maximum absolute atomic E-state index is 12.7. The van der Waals surface area contributed by atoms with Gasteiger partial charge >= 0.3 is 5.51 Å². The largest absolute Gasteiger partial charge is 0.446 e. The van der Waals surface area contributed by atoms with Gasteiger partial charge in [-0.3, -0.25) is 4.90 Å². The molecule has 2 rings (SSSR count). The number of halogens is 3. The topological polar surface area (TPSA) is 35.5 Å². The molecule has 1 aliphatic rings. The summed E-state index contributed by atoms with van der Waals surface area (Å²) in [6.07, 6.45) is 0.440. The Morgan fingerprint density at radius 1 is 1.24 bits per heavy atom. The number of piperazine rings is 1. The molecule has 1 fully saturated rings. The summed E-state index contributed by atoms with van der Waals surface area (Å²) in [7, 11) is 0. The number of benzene rings is 1. The fourth-order valence-corrected chi connectivity index (χ4v) is 3.34. The zero-order chi connectivity index (χ0) is 15.3. The van der Waals surface area contributed by atoms with Crippen LogP contribution in [-0.2, 0) is 0 Å². The highest BCUT2D eigenvalue weighted by Crippen LogP contribution is 2.41. The highest BCUT2D eigenvalue weighted by atomic mass is 32.2. The molecule has 0 aromatic heterocycles. The SMILES string of the molecule is OCC[C@H](c1ccccc1SC(F)(F)F)N1CCNCC1. The van der Waals surface area contributed by atoms with Crippen LogP contribution in [-0.4, -0.2) is 48.3 Å². The number of aliphatic hydroxyl groups excluding tert-OH is 1. The molecule has 2 N–H and O–H groups in total. The molecule has 0 unspecified atom stereocenters. The molecular weight excluding hydrogens is 301 g/mol. The smallest absolute Gasteiger partial charge is 0.396 e. The van der Waals surface area contributed by atoms with Crippen LogP contribution < -0.4 is 5.32 Å². The molecule has 1 saturated heterocycles. The number of nitrogens with one attached hydrogen (secondary N) is 1. The minimum Gasteiger partial charge on any atom is -0.396 e. The van der Waals surface area contributed by atoms with Crippen molar-refractivity contribution in [1.82, 2.24) is 10.2 Å². The molecule has 0 saturated carbocycles. The monoisotopic (exact) mass is 320 g/mol. The number of alkyl halides is 3. The fraction of sp³-hybridized carbons (Fsp3) is 0.571. The predicted octanol–water partition coefficient (Wildman–Crippen LogP) is 2.63. The van der Waals surface area contributed by atoms with E-state index in [-0.39, 0.29) is 29.3 Å². The van der Waals surface area contributed by atoms with Crippen molar-refractivity contribution in [2.24, 2.45) is 0 Å². The lowest BCUT2D eigenvalue weighted by atomic mass is 10.0. The van der Waals surface area contributed by atoms with E-state index >= 15 is 0 Å². The lowest BCUT2D eigenvalue weighted by Crippen LogP contribution is -2.45. The minimum absolute atomic E-state index is 0.0420. The van der Waals surface area contributed by atoms with Crippen LogP contribution >= 0.6 is 11.8 Å². The third-order valence-electron chi connectivity index (χ3n) is 3.50. The van der Waals surface area contributed by atoms with Gasteiger partial charge in [-0.25, -0.2) is 0 Å². The summed E-state index contributed by atoms with van der Waals surface area (Å²) in [6.45, 7) is 3.14. The second-order valence-corrected chi connectivity index (χ2v) is 6.01. The Kier molecular flexibility index (Phi) is 5.92. The van der Waals surface area contributed by atoms with Crippen LogP contribution in [0.1, 0.15) is 18.0 Å². The van der Waals surface area contributed by atoms with Crippen LogP contribution in [0.15, 0.2) is 29.2 Å². The van der Waals surface area contributed by atoms with E-state index in [1.807, 2.05) is 0 Å². The Hall–Kier alpha value is -0.760. The molecule has 1 atom stereocenters. The normalized spacial score (nSPS) is 18.7. The van der Waals surface area contributed by atoms with Crippen molar-refractivity contribution in [1.29, 1.82) is 0 Å². The summed E-state index contributed by atoms with van der Waals surface area (Å²) in [4.78, 5) is 2.37. The Bertz CT molecular complexity index is 450. The molecule has 0 radical (unpaired) electrons. The summed E-state index contributed by atoms with van der Waals surface area (Å²) in [6, 6.07) is 6.42. The second-order valence-electron chi connectivity index (χ2n) is 4.90. The molecular formula is C14H19F3N2OS. The highest BCUT2D eigenvalue weighted by molar-refractivity contribution is 8.00. The molecule has 21 heavy (non-hydrogen) atoms. The van der Waals surface area contributed by atoms with Gasteiger partial charge in [0.15, 0.2) is 0 Å². The van der Waals surface area contributed by atoms with Crippen molar-refractivity contribution < 1.29 is 18.3 Å². The molecule has 1 aromatic rings. The first kappa shape index (κ1) is 16.6. The molecule has 1 aliphatic heterocycles. The molecule has 1 aromatic carbocycles. The van der Waals surface area contributed by atoms with Gasteiger partial charge in [-0.15, -0.1) is 0 Å². The molecule has 118 valence electrons. The van der Waals surface area contributed by atoms with Gasteiger partial charge in [-0.1, -0.05) is 18.2 Å². The first-order valence-corrected chi connectivity index (χ1v) is 7.73. The highest BCUT2D eigenvalue weighted by Gasteiger charge is 2.32. The lowest BCUT2D eigenvalue weighted by Gasteiger charge is -2.35. The summed E-state index contributed by atoms with van der Waals surface area (Å²) in [5.74, 6) is 0.